The van der Waals surface area contributed by atoms with Crippen molar-refractivity contribution in [2.75, 3.05) is 32.7 Å². The molecule has 0 rings (SSSR count). The topological polar surface area (TPSA) is 98.2 Å². The van der Waals surface area contributed by atoms with Gasteiger partial charge in [0.05, 0.1) is 6.54 Å². The lowest BCUT2D eigenvalue weighted by Crippen LogP contribution is -2.42. The first-order valence-corrected chi connectivity index (χ1v) is 8.84. The Morgan fingerprint density at radius 1 is 0.792 bits per heavy atom. The van der Waals surface area contributed by atoms with E-state index in [1.807, 2.05) is 6.92 Å². The van der Waals surface area contributed by atoms with Gasteiger partial charge in [-0.05, 0) is 13.0 Å². The summed E-state index contributed by atoms with van der Waals surface area (Å²) in [5, 5.41) is 17.8. The third kappa shape index (κ3) is 11.9. The predicted octanol–water partition coefficient (Wildman–Crippen LogP) is 2.06. The van der Waals surface area contributed by atoms with Gasteiger partial charge >= 0.3 is 11.9 Å². The zero-order chi connectivity index (χ0) is 18.4. The largest absolute Gasteiger partial charge is 0.480 e. The van der Waals surface area contributed by atoms with Crippen molar-refractivity contribution in [2.45, 2.75) is 58.8 Å². The molecule has 0 fully saturated rings. The Balaban J connectivity index is 4.29. The van der Waals surface area contributed by atoms with Crippen molar-refractivity contribution in [3.05, 3.63) is 0 Å². The average Bonchev–Trinajstić information content (AvgIpc) is 2.52. The molecule has 0 aromatic carbocycles. The van der Waals surface area contributed by atoms with E-state index < -0.39 is 11.9 Å². The second-order valence-corrected chi connectivity index (χ2v) is 5.99. The molecule has 0 saturated heterocycles. The summed E-state index contributed by atoms with van der Waals surface area (Å²) in [5.41, 5.74) is 0. The number of carboxylic acid groups (broad SMARTS) is 2. The van der Waals surface area contributed by atoms with E-state index >= 15 is 0 Å². The molecule has 0 radical (unpaired) electrons. The van der Waals surface area contributed by atoms with E-state index in [-0.39, 0.29) is 25.5 Å². The number of likely N-dealkylation sites (N-methyl/N-ethyl adjacent to an activating group) is 1. The van der Waals surface area contributed by atoms with Crippen LogP contribution in [0.5, 0.6) is 0 Å². The zero-order valence-electron chi connectivity index (χ0n) is 15.0. The number of unbranched alkanes of at least 4 members (excludes halogenated alkanes) is 5. The number of carbonyl (C=O) groups excluding carboxylic acids is 1. The molecule has 7 heteroatoms. The van der Waals surface area contributed by atoms with Gasteiger partial charge in [-0.2, -0.15) is 0 Å². The van der Waals surface area contributed by atoms with Crippen LogP contribution in [-0.4, -0.2) is 70.6 Å². The first-order chi connectivity index (χ1) is 11.4. The molecule has 2 N–H and O–H groups in total. The number of carboxylic acids is 2. The van der Waals surface area contributed by atoms with Crippen molar-refractivity contribution in [2.24, 2.45) is 0 Å². The van der Waals surface area contributed by atoms with Crippen molar-refractivity contribution in [3.63, 3.8) is 0 Å². The van der Waals surface area contributed by atoms with Gasteiger partial charge < -0.3 is 15.1 Å². The summed E-state index contributed by atoms with van der Waals surface area (Å²) in [6, 6.07) is 0. The van der Waals surface area contributed by atoms with E-state index in [2.05, 4.69) is 6.92 Å². The van der Waals surface area contributed by atoms with E-state index in [1.54, 1.807) is 4.90 Å². The van der Waals surface area contributed by atoms with Crippen LogP contribution in [0.2, 0.25) is 0 Å². The Kier molecular flexibility index (Phi) is 12.8. The van der Waals surface area contributed by atoms with Gasteiger partial charge in [-0.15, -0.1) is 0 Å². The second-order valence-electron chi connectivity index (χ2n) is 5.99. The summed E-state index contributed by atoms with van der Waals surface area (Å²) in [4.78, 5) is 36.9. The maximum absolute atomic E-state index is 12.2. The van der Waals surface area contributed by atoms with E-state index in [0.29, 0.717) is 19.5 Å². The number of hydrogen-bond donors (Lipinski definition) is 2. The van der Waals surface area contributed by atoms with Crippen LogP contribution in [0.3, 0.4) is 0 Å². The first kappa shape index (κ1) is 22.4. The maximum atomic E-state index is 12.2. The first-order valence-electron chi connectivity index (χ1n) is 8.84. The SMILES string of the molecule is CCCCCCCCC(=O)N(CCN(CC)CC(=O)O)CC(=O)O. The molecule has 140 valence electrons. The van der Waals surface area contributed by atoms with Crippen molar-refractivity contribution < 1.29 is 24.6 Å². The molecule has 0 bridgehead atoms. The summed E-state index contributed by atoms with van der Waals surface area (Å²) >= 11 is 0. The summed E-state index contributed by atoms with van der Waals surface area (Å²) in [7, 11) is 0. The molecule has 1 amide bonds. The molecule has 0 saturated carbocycles. The van der Waals surface area contributed by atoms with E-state index in [0.717, 1.165) is 19.3 Å². The lowest BCUT2D eigenvalue weighted by molar-refractivity contribution is -0.145. The summed E-state index contributed by atoms with van der Waals surface area (Å²) < 4.78 is 0. The Bertz CT molecular complexity index is 387. The van der Waals surface area contributed by atoms with Crippen molar-refractivity contribution >= 4 is 17.8 Å². The van der Waals surface area contributed by atoms with Crippen LogP contribution in [0.4, 0.5) is 0 Å². The highest BCUT2D eigenvalue weighted by atomic mass is 16.4. The van der Waals surface area contributed by atoms with Crippen molar-refractivity contribution in [3.8, 4) is 0 Å². The number of nitrogens with zero attached hydrogens (tertiary/aromatic N) is 2. The molecule has 0 aromatic heterocycles. The van der Waals surface area contributed by atoms with Gasteiger partial charge in [0.2, 0.25) is 5.91 Å². The fourth-order valence-electron chi connectivity index (χ4n) is 2.47. The van der Waals surface area contributed by atoms with Crippen LogP contribution in [0.15, 0.2) is 0 Å². The van der Waals surface area contributed by atoms with Gasteiger partial charge in [-0.1, -0.05) is 46.0 Å². The van der Waals surface area contributed by atoms with Gasteiger partial charge in [0.25, 0.3) is 0 Å². The molecule has 0 aliphatic heterocycles. The quantitative estimate of drug-likeness (QED) is 0.441. The van der Waals surface area contributed by atoms with Crippen LogP contribution < -0.4 is 0 Å². The molecule has 0 atom stereocenters. The molecular formula is C17H32N2O5. The molecule has 0 aliphatic rings. The highest BCUT2D eigenvalue weighted by Gasteiger charge is 2.18. The van der Waals surface area contributed by atoms with Crippen LogP contribution in [-0.2, 0) is 14.4 Å². The second kappa shape index (κ2) is 13.8. The van der Waals surface area contributed by atoms with Gasteiger partial charge in [-0.3, -0.25) is 19.3 Å². The smallest absolute Gasteiger partial charge is 0.323 e. The van der Waals surface area contributed by atoms with Crippen molar-refractivity contribution in [1.82, 2.24) is 9.80 Å². The normalized spacial score (nSPS) is 10.8. The minimum atomic E-state index is -1.05. The van der Waals surface area contributed by atoms with Gasteiger partial charge in [0.15, 0.2) is 0 Å². The molecule has 0 aliphatic carbocycles. The molecule has 24 heavy (non-hydrogen) atoms. The minimum absolute atomic E-state index is 0.108. The van der Waals surface area contributed by atoms with E-state index in [9.17, 15) is 14.4 Å². The molecule has 0 spiro atoms. The Hall–Kier alpha value is -1.63. The average molecular weight is 344 g/mol. The highest BCUT2D eigenvalue weighted by molar-refractivity contribution is 5.81. The molecule has 0 aromatic rings. The Morgan fingerprint density at radius 3 is 1.92 bits per heavy atom. The summed E-state index contributed by atoms with van der Waals surface area (Å²) in [5.74, 6) is -2.15. The number of aliphatic carboxylic acids is 2. The van der Waals surface area contributed by atoms with Crippen LogP contribution in [0, 0.1) is 0 Å². The number of rotatable bonds is 15. The monoisotopic (exact) mass is 344 g/mol. The van der Waals surface area contributed by atoms with Crippen LogP contribution in [0.25, 0.3) is 0 Å². The lowest BCUT2D eigenvalue weighted by Gasteiger charge is -2.25. The predicted molar refractivity (Wildman–Crippen MR) is 92.0 cm³/mol. The number of amides is 1. The fourth-order valence-corrected chi connectivity index (χ4v) is 2.47. The zero-order valence-corrected chi connectivity index (χ0v) is 15.0. The number of hydrogen-bond acceptors (Lipinski definition) is 4. The van der Waals surface area contributed by atoms with Gasteiger partial charge in [-0.25, -0.2) is 0 Å². The Morgan fingerprint density at radius 2 is 1.38 bits per heavy atom. The molecule has 0 unspecified atom stereocenters. The van der Waals surface area contributed by atoms with Crippen LogP contribution >= 0.6 is 0 Å². The van der Waals surface area contributed by atoms with E-state index in [1.165, 1.54) is 24.2 Å². The van der Waals surface area contributed by atoms with Crippen LogP contribution in [0.1, 0.15) is 58.8 Å². The number of carbonyl (C=O) groups is 3. The van der Waals surface area contributed by atoms with Crippen molar-refractivity contribution in [1.29, 1.82) is 0 Å². The lowest BCUT2D eigenvalue weighted by atomic mass is 10.1. The third-order valence-corrected chi connectivity index (χ3v) is 3.92. The molecule has 7 nitrogen and oxygen atoms in total. The van der Waals surface area contributed by atoms with Gasteiger partial charge in [0, 0.05) is 19.5 Å². The minimum Gasteiger partial charge on any atom is -0.480 e. The maximum Gasteiger partial charge on any atom is 0.323 e. The van der Waals surface area contributed by atoms with Gasteiger partial charge in [0.1, 0.15) is 6.54 Å². The highest BCUT2D eigenvalue weighted by Crippen LogP contribution is 2.08. The third-order valence-electron chi connectivity index (χ3n) is 3.92. The summed E-state index contributed by atoms with van der Waals surface area (Å²) in [6.07, 6.45) is 6.75. The fraction of sp³-hybridized carbons (Fsp3) is 0.824. The standard InChI is InChI=1S/C17H32N2O5/c1-3-5-6-7-8-9-10-15(20)19(14-17(23)24)12-11-18(4-2)13-16(21)22/h3-14H2,1-2H3,(H,21,22)(H,23,24). The van der Waals surface area contributed by atoms with E-state index in [4.69, 9.17) is 10.2 Å². The molecule has 0 heterocycles. The molecular weight excluding hydrogens is 312 g/mol. The summed E-state index contributed by atoms with van der Waals surface area (Å²) in [6.45, 7) is 4.68. The Labute approximate surface area is 144 Å².